The van der Waals surface area contributed by atoms with Crippen molar-refractivity contribution in [3.05, 3.63) is 90.0 Å². The van der Waals surface area contributed by atoms with Gasteiger partial charge >= 0.3 is 0 Å². The minimum atomic E-state index is -0.750. The van der Waals surface area contributed by atoms with Crippen molar-refractivity contribution in [2.24, 2.45) is 11.7 Å². The van der Waals surface area contributed by atoms with Gasteiger partial charge in [-0.3, -0.25) is 15.0 Å². The first-order valence-electron chi connectivity index (χ1n) is 13.5. The van der Waals surface area contributed by atoms with Gasteiger partial charge in [-0.2, -0.15) is 0 Å². The van der Waals surface area contributed by atoms with E-state index in [0.717, 1.165) is 17.0 Å². The number of rotatable bonds is 10. The maximum absolute atomic E-state index is 13.7. The molecule has 2 atom stereocenters. The van der Waals surface area contributed by atoms with Gasteiger partial charge in [-0.25, -0.2) is 0 Å². The SMILES string of the molecule is COc1ccccc1N1CCN(C(=O)C(NC(=O)C(Nc2cccc(C(=N)N)c2)c2ccccc2)C(C)C)CC1. The van der Waals surface area contributed by atoms with Crippen molar-refractivity contribution in [3.8, 4) is 5.75 Å². The number of hydrogen-bond acceptors (Lipinski definition) is 6. The Labute approximate surface area is 235 Å². The monoisotopic (exact) mass is 542 g/mol. The summed E-state index contributed by atoms with van der Waals surface area (Å²) in [6, 6.07) is 22.9. The van der Waals surface area contributed by atoms with E-state index in [4.69, 9.17) is 15.9 Å². The third-order valence-corrected chi connectivity index (χ3v) is 7.13. The first-order valence-corrected chi connectivity index (χ1v) is 13.5. The van der Waals surface area contributed by atoms with Gasteiger partial charge in [0.25, 0.3) is 0 Å². The largest absolute Gasteiger partial charge is 0.495 e. The quantitative estimate of drug-likeness (QED) is 0.229. The molecule has 1 fully saturated rings. The van der Waals surface area contributed by atoms with Crippen LogP contribution in [0.4, 0.5) is 11.4 Å². The highest BCUT2D eigenvalue weighted by Gasteiger charge is 2.33. The number of carbonyl (C=O) groups is 2. The van der Waals surface area contributed by atoms with E-state index in [1.807, 2.05) is 79.4 Å². The number of piperazine rings is 1. The molecule has 1 aliphatic heterocycles. The number of para-hydroxylation sites is 2. The Bertz CT molecular complexity index is 1320. The number of carbonyl (C=O) groups excluding carboxylic acids is 2. The smallest absolute Gasteiger partial charge is 0.247 e. The molecule has 0 saturated carbocycles. The van der Waals surface area contributed by atoms with Gasteiger partial charge < -0.3 is 30.9 Å². The summed E-state index contributed by atoms with van der Waals surface area (Å²) in [6.07, 6.45) is 0. The number of ether oxygens (including phenoxy) is 1. The average molecular weight is 543 g/mol. The number of benzene rings is 3. The van der Waals surface area contributed by atoms with Crippen LogP contribution < -0.4 is 26.0 Å². The lowest BCUT2D eigenvalue weighted by Gasteiger charge is -2.39. The molecule has 0 aliphatic carbocycles. The van der Waals surface area contributed by atoms with Gasteiger partial charge in [0.2, 0.25) is 11.8 Å². The van der Waals surface area contributed by atoms with E-state index < -0.39 is 12.1 Å². The van der Waals surface area contributed by atoms with E-state index in [9.17, 15) is 9.59 Å². The molecule has 1 heterocycles. The predicted octanol–water partition coefficient (Wildman–Crippen LogP) is 3.62. The van der Waals surface area contributed by atoms with Crippen LogP contribution in [-0.4, -0.2) is 61.9 Å². The van der Waals surface area contributed by atoms with Crippen LogP contribution in [0.5, 0.6) is 5.75 Å². The van der Waals surface area contributed by atoms with Crippen LogP contribution in [0.15, 0.2) is 78.9 Å². The number of methoxy groups -OCH3 is 1. The number of nitrogens with two attached hydrogens (primary N) is 1. The zero-order valence-electron chi connectivity index (χ0n) is 23.3. The Morgan fingerprint density at radius 1 is 0.925 bits per heavy atom. The molecule has 0 bridgehead atoms. The van der Waals surface area contributed by atoms with Gasteiger partial charge in [0, 0.05) is 37.4 Å². The van der Waals surface area contributed by atoms with Crippen LogP contribution in [0, 0.1) is 11.3 Å². The Morgan fingerprint density at radius 3 is 2.25 bits per heavy atom. The Hall–Kier alpha value is -4.53. The van der Waals surface area contributed by atoms with E-state index >= 15 is 0 Å². The average Bonchev–Trinajstić information content (AvgIpc) is 2.98. The van der Waals surface area contributed by atoms with E-state index in [0.29, 0.717) is 37.4 Å². The molecule has 210 valence electrons. The van der Waals surface area contributed by atoms with E-state index in [1.165, 1.54) is 0 Å². The zero-order valence-corrected chi connectivity index (χ0v) is 23.3. The zero-order chi connectivity index (χ0) is 28.6. The van der Waals surface area contributed by atoms with Crippen LogP contribution in [0.1, 0.15) is 31.0 Å². The highest BCUT2D eigenvalue weighted by molar-refractivity contribution is 5.96. The molecule has 3 aromatic rings. The number of amides is 2. The Balaban J connectivity index is 1.48. The van der Waals surface area contributed by atoms with Gasteiger partial charge in [-0.05, 0) is 35.7 Å². The minimum Gasteiger partial charge on any atom is -0.495 e. The van der Waals surface area contributed by atoms with E-state index in [2.05, 4.69) is 15.5 Å². The van der Waals surface area contributed by atoms with Crippen LogP contribution in [0.2, 0.25) is 0 Å². The molecule has 0 spiro atoms. The predicted molar refractivity (Wildman–Crippen MR) is 159 cm³/mol. The Morgan fingerprint density at radius 2 is 1.60 bits per heavy atom. The van der Waals surface area contributed by atoms with Crippen molar-refractivity contribution in [2.75, 3.05) is 43.5 Å². The van der Waals surface area contributed by atoms with Crippen LogP contribution >= 0.6 is 0 Å². The topological polar surface area (TPSA) is 124 Å². The number of nitrogens with zero attached hydrogens (tertiary/aromatic N) is 2. The summed E-state index contributed by atoms with van der Waals surface area (Å²) >= 11 is 0. The van der Waals surface area contributed by atoms with Crippen LogP contribution in [-0.2, 0) is 9.59 Å². The summed E-state index contributed by atoms with van der Waals surface area (Å²) in [5, 5.41) is 14.1. The fraction of sp³-hybridized carbons (Fsp3) is 0.323. The molecule has 4 rings (SSSR count). The lowest BCUT2D eigenvalue weighted by atomic mass is 10.00. The molecule has 1 aliphatic rings. The summed E-state index contributed by atoms with van der Waals surface area (Å²) in [6.45, 7) is 6.32. The van der Waals surface area contributed by atoms with Crippen LogP contribution in [0.25, 0.3) is 0 Å². The lowest BCUT2D eigenvalue weighted by Crippen LogP contribution is -2.57. The summed E-state index contributed by atoms with van der Waals surface area (Å²) < 4.78 is 5.51. The molecule has 0 radical (unpaired) electrons. The normalized spacial score (nSPS) is 14.8. The Kier molecular flexibility index (Phi) is 9.27. The second-order valence-corrected chi connectivity index (χ2v) is 10.2. The van der Waals surface area contributed by atoms with Gasteiger partial charge in [-0.1, -0.05) is 68.4 Å². The molecule has 2 unspecified atom stereocenters. The molecule has 40 heavy (non-hydrogen) atoms. The van der Waals surface area contributed by atoms with Crippen molar-refractivity contribution in [3.63, 3.8) is 0 Å². The highest BCUT2D eigenvalue weighted by Crippen LogP contribution is 2.28. The third-order valence-electron chi connectivity index (χ3n) is 7.13. The number of anilines is 2. The second-order valence-electron chi connectivity index (χ2n) is 10.2. The fourth-order valence-electron chi connectivity index (χ4n) is 4.89. The van der Waals surface area contributed by atoms with Crippen molar-refractivity contribution in [2.45, 2.75) is 25.9 Å². The van der Waals surface area contributed by atoms with Gasteiger partial charge in [-0.15, -0.1) is 0 Å². The number of amidine groups is 1. The molecule has 2 amide bonds. The van der Waals surface area contributed by atoms with Gasteiger partial charge in [0.1, 0.15) is 23.7 Å². The molecule has 5 N–H and O–H groups in total. The first-order chi connectivity index (χ1) is 19.3. The molecule has 3 aromatic carbocycles. The second kappa shape index (κ2) is 13.0. The number of nitrogens with one attached hydrogen (secondary N) is 3. The van der Waals surface area contributed by atoms with Gasteiger partial charge in [0.15, 0.2) is 0 Å². The summed E-state index contributed by atoms with van der Waals surface area (Å²) in [4.78, 5) is 31.5. The summed E-state index contributed by atoms with van der Waals surface area (Å²) in [5.41, 5.74) is 8.64. The first kappa shape index (κ1) is 28.5. The van der Waals surface area contributed by atoms with Crippen molar-refractivity contribution in [1.29, 1.82) is 5.41 Å². The third kappa shape index (κ3) is 6.72. The van der Waals surface area contributed by atoms with E-state index in [-0.39, 0.29) is 23.6 Å². The van der Waals surface area contributed by atoms with Crippen molar-refractivity contribution in [1.82, 2.24) is 10.2 Å². The molecule has 1 saturated heterocycles. The molecule has 9 nitrogen and oxygen atoms in total. The van der Waals surface area contributed by atoms with Crippen LogP contribution in [0.3, 0.4) is 0 Å². The molecule has 9 heteroatoms. The lowest BCUT2D eigenvalue weighted by molar-refractivity contribution is -0.138. The highest BCUT2D eigenvalue weighted by atomic mass is 16.5. The number of hydrogen-bond donors (Lipinski definition) is 4. The molecular formula is C31H38N6O3. The van der Waals surface area contributed by atoms with Gasteiger partial charge in [0.05, 0.1) is 12.8 Å². The standard InChI is InChI=1S/C31H38N6O3/c1-21(2)27(31(39)37-18-16-36(17-19-37)25-14-7-8-15-26(25)40-3)35-30(38)28(22-10-5-4-6-11-22)34-24-13-9-12-23(20-24)29(32)33/h4-15,20-21,27-28,34H,16-19H2,1-3H3,(H3,32,33)(H,35,38). The van der Waals surface area contributed by atoms with Crippen molar-refractivity contribution >= 4 is 29.0 Å². The fourth-order valence-corrected chi connectivity index (χ4v) is 4.89. The summed E-state index contributed by atoms with van der Waals surface area (Å²) in [5.74, 6) is 0.247. The van der Waals surface area contributed by atoms with Crippen molar-refractivity contribution < 1.29 is 14.3 Å². The minimum absolute atomic E-state index is 0.0550. The summed E-state index contributed by atoms with van der Waals surface area (Å²) in [7, 11) is 1.66. The maximum atomic E-state index is 13.7. The maximum Gasteiger partial charge on any atom is 0.247 e. The number of nitrogen functional groups attached to an aromatic ring is 1. The molecule has 0 aromatic heterocycles. The molecular weight excluding hydrogens is 504 g/mol. The van der Waals surface area contributed by atoms with E-state index in [1.54, 1.807) is 25.3 Å².